The Bertz CT molecular complexity index is 810. The number of benzene rings is 2. The van der Waals surface area contributed by atoms with Gasteiger partial charge in [-0.1, -0.05) is 0 Å². The molecule has 0 atom stereocenters. The third kappa shape index (κ3) is 4.54. The van der Waals surface area contributed by atoms with Crippen LogP contribution in [-0.4, -0.2) is 27.9 Å². The molecule has 0 unspecified atom stereocenters. The molecule has 5 nitrogen and oxygen atoms in total. The second-order valence-corrected chi connectivity index (χ2v) is 6.51. The van der Waals surface area contributed by atoms with E-state index in [1.807, 2.05) is 4.72 Å². The molecule has 130 valence electrons. The number of methoxy groups -OCH3 is 1. The van der Waals surface area contributed by atoms with Crippen molar-refractivity contribution in [2.45, 2.75) is 0 Å². The lowest BCUT2D eigenvalue weighted by molar-refractivity contribution is 0.339. The average Bonchev–Trinajstić information content (AvgIpc) is 2.56. The summed E-state index contributed by atoms with van der Waals surface area (Å²) >= 11 is 0. The van der Waals surface area contributed by atoms with Gasteiger partial charge in [-0.3, -0.25) is 4.72 Å². The first-order valence-corrected chi connectivity index (χ1v) is 8.38. The van der Waals surface area contributed by atoms with E-state index in [1.165, 1.54) is 7.11 Å². The van der Waals surface area contributed by atoms with Crippen LogP contribution in [0.4, 0.5) is 18.9 Å². The highest BCUT2D eigenvalue weighted by molar-refractivity contribution is 7.92. The smallest absolute Gasteiger partial charge is 0.236 e. The summed E-state index contributed by atoms with van der Waals surface area (Å²) < 4.78 is 75.1. The van der Waals surface area contributed by atoms with Crippen molar-refractivity contribution < 1.29 is 31.1 Å². The third-order valence-corrected chi connectivity index (χ3v) is 4.22. The summed E-state index contributed by atoms with van der Waals surface area (Å²) in [6.45, 7) is -0.215. The number of halogens is 3. The van der Waals surface area contributed by atoms with Gasteiger partial charge in [0, 0.05) is 0 Å². The Morgan fingerprint density at radius 3 is 2.21 bits per heavy atom. The van der Waals surface area contributed by atoms with Gasteiger partial charge < -0.3 is 9.47 Å². The van der Waals surface area contributed by atoms with E-state index in [9.17, 15) is 21.6 Å². The summed E-state index contributed by atoms with van der Waals surface area (Å²) in [7, 11) is -2.49. The molecule has 0 heterocycles. The fourth-order valence-electron chi connectivity index (χ4n) is 1.76. The largest absolute Gasteiger partial charge is 0.497 e. The molecule has 24 heavy (non-hydrogen) atoms. The van der Waals surface area contributed by atoms with E-state index < -0.39 is 38.9 Å². The standard InChI is InChI=1S/C15H14F3NO4S/c1-22-10-2-4-11(5-3-10)23-8-9-24(20,21)19-13-7-6-12(16)14(17)15(13)18/h2-7,19H,8-9H2,1H3. The second kappa shape index (κ2) is 7.43. The number of ether oxygens (including phenoxy) is 2. The minimum Gasteiger partial charge on any atom is -0.497 e. The van der Waals surface area contributed by atoms with Gasteiger partial charge in [-0.2, -0.15) is 0 Å². The second-order valence-electron chi connectivity index (χ2n) is 4.67. The van der Waals surface area contributed by atoms with Crippen LogP contribution in [0.25, 0.3) is 0 Å². The van der Waals surface area contributed by atoms with Crippen molar-refractivity contribution in [3.8, 4) is 11.5 Å². The first kappa shape index (κ1) is 17.9. The maximum absolute atomic E-state index is 13.5. The van der Waals surface area contributed by atoms with Crippen LogP contribution in [0, 0.1) is 17.5 Å². The molecule has 9 heteroatoms. The van der Waals surface area contributed by atoms with Crippen LogP contribution in [0.5, 0.6) is 11.5 Å². The quantitative estimate of drug-likeness (QED) is 0.770. The van der Waals surface area contributed by atoms with E-state index in [4.69, 9.17) is 9.47 Å². The molecular weight excluding hydrogens is 347 g/mol. The molecule has 0 radical (unpaired) electrons. The zero-order valence-electron chi connectivity index (χ0n) is 12.6. The van der Waals surface area contributed by atoms with E-state index in [0.29, 0.717) is 17.6 Å². The summed E-state index contributed by atoms with van der Waals surface area (Å²) in [5, 5.41) is 0. The Balaban J connectivity index is 1.95. The molecule has 1 N–H and O–H groups in total. The predicted octanol–water partition coefficient (Wildman–Crippen LogP) is 2.93. The van der Waals surface area contributed by atoms with Crippen LogP contribution in [-0.2, 0) is 10.0 Å². The number of hydrogen-bond donors (Lipinski definition) is 1. The van der Waals surface area contributed by atoms with Gasteiger partial charge in [0.1, 0.15) is 23.9 Å². The molecule has 2 rings (SSSR count). The van der Waals surface area contributed by atoms with Crippen molar-refractivity contribution in [3.63, 3.8) is 0 Å². The summed E-state index contributed by atoms with van der Waals surface area (Å²) in [4.78, 5) is 0. The van der Waals surface area contributed by atoms with Crippen molar-refractivity contribution in [2.75, 3.05) is 24.2 Å². The van der Waals surface area contributed by atoms with Crippen LogP contribution in [0.15, 0.2) is 36.4 Å². The normalized spacial score (nSPS) is 11.2. The maximum atomic E-state index is 13.5. The van der Waals surface area contributed by atoms with Crippen LogP contribution < -0.4 is 14.2 Å². The number of sulfonamides is 1. The molecule has 0 aliphatic heterocycles. The molecule has 0 spiro atoms. The SMILES string of the molecule is COc1ccc(OCCS(=O)(=O)Nc2ccc(F)c(F)c2F)cc1. The third-order valence-electron chi connectivity index (χ3n) is 2.98. The monoisotopic (exact) mass is 361 g/mol. The Hall–Kier alpha value is -2.42. The molecular formula is C15H14F3NO4S. The van der Waals surface area contributed by atoms with Gasteiger partial charge in [-0.05, 0) is 36.4 Å². The lowest BCUT2D eigenvalue weighted by atomic mass is 10.3. The highest BCUT2D eigenvalue weighted by Crippen LogP contribution is 2.21. The summed E-state index contributed by atoms with van der Waals surface area (Å²) in [6.07, 6.45) is 0. The van der Waals surface area contributed by atoms with Crippen LogP contribution in [0.3, 0.4) is 0 Å². The summed E-state index contributed by atoms with van der Waals surface area (Å²) in [5.74, 6) is -4.22. The van der Waals surface area contributed by atoms with Gasteiger partial charge in [-0.25, -0.2) is 21.6 Å². The van der Waals surface area contributed by atoms with Gasteiger partial charge >= 0.3 is 0 Å². The Labute approximate surface area is 137 Å². The van der Waals surface area contributed by atoms with Crippen molar-refractivity contribution in [2.24, 2.45) is 0 Å². The molecule has 0 bridgehead atoms. The maximum Gasteiger partial charge on any atom is 0.236 e. The molecule has 0 aliphatic rings. The van der Waals surface area contributed by atoms with Gasteiger partial charge in [-0.15, -0.1) is 0 Å². The van der Waals surface area contributed by atoms with Gasteiger partial charge in [0.25, 0.3) is 0 Å². The number of hydrogen-bond acceptors (Lipinski definition) is 4. The highest BCUT2D eigenvalue weighted by Gasteiger charge is 2.18. The van der Waals surface area contributed by atoms with E-state index in [1.54, 1.807) is 24.3 Å². The lowest BCUT2D eigenvalue weighted by Crippen LogP contribution is -2.22. The molecule has 2 aromatic carbocycles. The Morgan fingerprint density at radius 2 is 1.58 bits per heavy atom. The zero-order chi connectivity index (χ0) is 17.7. The van der Waals surface area contributed by atoms with Crippen molar-refractivity contribution in [1.82, 2.24) is 0 Å². The topological polar surface area (TPSA) is 64.6 Å². The summed E-state index contributed by atoms with van der Waals surface area (Å²) in [6, 6.07) is 7.89. The average molecular weight is 361 g/mol. The van der Waals surface area contributed by atoms with Gasteiger partial charge in [0.05, 0.1) is 12.8 Å². The Kier molecular flexibility index (Phi) is 5.55. The number of anilines is 1. The molecule has 0 aliphatic carbocycles. The van der Waals surface area contributed by atoms with E-state index in [2.05, 4.69) is 0 Å². The fourth-order valence-corrected chi connectivity index (χ4v) is 2.66. The van der Waals surface area contributed by atoms with Gasteiger partial charge in [0.15, 0.2) is 17.5 Å². The number of rotatable bonds is 7. The van der Waals surface area contributed by atoms with Crippen molar-refractivity contribution in [3.05, 3.63) is 53.8 Å². The van der Waals surface area contributed by atoms with Crippen LogP contribution in [0.2, 0.25) is 0 Å². The van der Waals surface area contributed by atoms with E-state index >= 15 is 0 Å². The predicted molar refractivity (Wildman–Crippen MR) is 82.2 cm³/mol. The number of nitrogens with one attached hydrogen (secondary N) is 1. The molecule has 2 aromatic rings. The molecule has 0 fully saturated rings. The summed E-state index contributed by atoms with van der Waals surface area (Å²) in [5.41, 5.74) is -0.668. The van der Waals surface area contributed by atoms with E-state index in [0.717, 1.165) is 6.07 Å². The first-order valence-electron chi connectivity index (χ1n) is 6.73. The van der Waals surface area contributed by atoms with Crippen molar-refractivity contribution >= 4 is 15.7 Å². The van der Waals surface area contributed by atoms with Crippen molar-refractivity contribution in [1.29, 1.82) is 0 Å². The molecule has 0 aromatic heterocycles. The molecule has 0 saturated carbocycles. The fraction of sp³-hybridized carbons (Fsp3) is 0.200. The molecule has 0 amide bonds. The highest BCUT2D eigenvalue weighted by atomic mass is 32.2. The Morgan fingerprint density at radius 1 is 0.958 bits per heavy atom. The van der Waals surface area contributed by atoms with E-state index in [-0.39, 0.29) is 6.61 Å². The van der Waals surface area contributed by atoms with Gasteiger partial charge in [0.2, 0.25) is 10.0 Å². The van der Waals surface area contributed by atoms with Crippen LogP contribution >= 0.6 is 0 Å². The lowest BCUT2D eigenvalue weighted by Gasteiger charge is -2.11. The first-order chi connectivity index (χ1) is 11.3. The minimum atomic E-state index is -4.00. The zero-order valence-corrected chi connectivity index (χ0v) is 13.4. The van der Waals surface area contributed by atoms with Crippen LogP contribution in [0.1, 0.15) is 0 Å². The molecule has 0 saturated heterocycles. The minimum absolute atomic E-state index is 0.215.